The molecule has 2 aromatic rings. The molecule has 152 valence electrons. The Labute approximate surface area is 171 Å². The summed E-state index contributed by atoms with van der Waals surface area (Å²) in [7, 11) is 1.84. The van der Waals surface area contributed by atoms with Gasteiger partial charge in [0.15, 0.2) is 5.82 Å². The van der Waals surface area contributed by atoms with Crippen molar-refractivity contribution in [2.24, 2.45) is 0 Å². The van der Waals surface area contributed by atoms with Gasteiger partial charge in [-0.1, -0.05) is 30.3 Å². The molecule has 0 bridgehead atoms. The van der Waals surface area contributed by atoms with Crippen molar-refractivity contribution in [1.82, 2.24) is 19.8 Å². The quantitative estimate of drug-likeness (QED) is 0.863. The van der Waals surface area contributed by atoms with Gasteiger partial charge < -0.3 is 15.1 Å². The van der Waals surface area contributed by atoms with Crippen LogP contribution in [0.3, 0.4) is 0 Å². The molecule has 2 amide bonds. The Hall–Kier alpha value is -2.96. The zero-order valence-corrected chi connectivity index (χ0v) is 17.0. The predicted octanol–water partition coefficient (Wildman–Crippen LogP) is 2.33. The van der Waals surface area contributed by atoms with E-state index in [9.17, 15) is 9.59 Å². The molecule has 1 aromatic heterocycles. The predicted molar refractivity (Wildman–Crippen MR) is 110 cm³/mol. The second kappa shape index (κ2) is 8.19. The Morgan fingerprint density at radius 1 is 1.17 bits per heavy atom. The number of carbonyl (C=O) groups excluding carboxylic acids is 2. The SMILES string of the molecule is CNc1nc([C@H]2CCCN2C(=O)Cc2ccccc2)nc2c1CN(C(C)=O)CC2. The zero-order chi connectivity index (χ0) is 20.4. The average molecular weight is 393 g/mol. The fourth-order valence-corrected chi connectivity index (χ4v) is 4.26. The van der Waals surface area contributed by atoms with Gasteiger partial charge in [-0.15, -0.1) is 0 Å². The van der Waals surface area contributed by atoms with E-state index < -0.39 is 0 Å². The Balaban J connectivity index is 1.59. The van der Waals surface area contributed by atoms with E-state index in [1.165, 1.54) is 0 Å². The number of amides is 2. The van der Waals surface area contributed by atoms with Crippen molar-refractivity contribution in [3.8, 4) is 0 Å². The molecular formula is C22H27N5O2. The molecule has 1 N–H and O–H groups in total. The molecule has 7 heteroatoms. The van der Waals surface area contributed by atoms with Crippen molar-refractivity contribution in [2.75, 3.05) is 25.5 Å². The molecule has 0 unspecified atom stereocenters. The fraction of sp³-hybridized carbons (Fsp3) is 0.455. The molecule has 29 heavy (non-hydrogen) atoms. The molecule has 4 rings (SSSR count). The summed E-state index contributed by atoms with van der Waals surface area (Å²) in [6, 6.07) is 9.76. The maximum Gasteiger partial charge on any atom is 0.227 e. The van der Waals surface area contributed by atoms with Crippen LogP contribution < -0.4 is 5.32 Å². The Morgan fingerprint density at radius 3 is 2.69 bits per heavy atom. The first-order valence-corrected chi connectivity index (χ1v) is 10.2. The molecule has 2 aliphatic heterocycles. The van der Waals surface area contributed by atoms with E-state index in [0.717, 1.165) is 42.0 Å². The Kier molecular flexibility index (Phi) is 5.47. The molecule has 7 nitrogen and oxygen atoms in total. The summed E-state index contributed by atoms with van der Waals surface area (Å²) in [4.78, 5) is 38.1. The largest absolute Gasteiger partial charge is 0.373 e. The van der Waals surface area contributed by atoms with Gasteiger partial charge in [-0.25, -0.2) is 9.97 Å². The second-order valence-electron chi connectivity index (χ2n) is 7.70. The minimum atomic E-state index is -0.0885. The van der Waals surface area contributed by atoms with Crippen molar-refractivity contribution in [3.05, 3.63) is 53.0 Å². The molecule has 0 radical (unpaired) electrons. The van der Waals surface area contributed by atoms with Gasteiger partial charge in [0.05, 0.1) is 24.7 Å². The van der Waals surface area contributed by atoms with E-state index in [1.54, 1.807) is 6.92 Å². The normalized spacial score (nSPS) is 18.5. The van der Waals surface area contributed by atoms with Crippen molar-refractivity contribution in [2.45, 2.75) is 45.2 Å². The molecule has 1 atom stereocenters. The Bertz CT molecular complexity index is 898. The van der Waals surface area contributed by atoms with E-state index in [1.807, 2.05) is 47.2 Å². The van der Waals surface area contributed by atoms with Crippen LogP contribution in [0.2, 0.25) is 0 Å². The highest BCUT2D eigenvalue weighted by atomic mass is 16.2. The van der Waals surface area contributed by atoms with Gasteiger partial charge in [-0.2, -0.15) is 0 Å². The number of likely N-dealkylation sites (tertiary alicyclic amines) is 1. The van der Waals surface area contributed by atoms with Crippen LogP contribution in [0.5, 0.6) is 0 Å². The number of aromatic nitrogens is 2. The van der Waals surface area contributed by atoms with Crippen molar-refractivity contribution < 1.29 is 9.59 Å². The van der Waals surface area contributed by atoms with Gasteiger partial charge in [0.1, 0.15) is 5.82 Å². The lowest BCUT2D eigenvalue weighted by Gasteiger charge is -2.30. The molecule has 2 aliphatic rings. The fourth-order valence-electron chi connectivity index (χ4n) is 4.26. The highest BCUT2D eigenvalue weighted by Crippen LogP contribution is 2.33. The number of hydrogen-bond donors (Lipinski definition) is 1. The maximum absolute atomic E-state index is 13.0. The van der Waals surface area contributed by atoms with Crippen LogP contribution in [0.4, 0.5) is 5.82 Å². The first kappa shape index (κ1) is 19.4. The molecule has 1 fully saturated rings. The van der Waals surface area contributed by atoms with Crippen LogP contribution in [0.1, 0.15) is 48.5 Å². The molecule has 0 aliphatic carbocycles. The monoisotopic (exact) mass is 393 g/mol. The summed E-state index contributed by atoms with van der Waals surface area (Å²) < 4.78 is 0. The highest BCUT2D eigenvalue weighted by molar-refractivity contribution is 5.79. The molecular weight excluding hydrogens is 366 g/mol. The van der Waals surface area contributed by atoms with Gasteiger partial charge >= 0.3 is 0 Å². The number of anilines is 1. The van der Waals surface area contributed by atoms with Gasteiger partial charge in [-0.3, -0.25) is 9.59 Å². The third kappa shape index (κ3) is 3.95. The summed E-state index contributed by atoms with van der Waals surface area (Å²) in [5, 5.41) is 3.17. The number of fused-ring (bicyclic) bond motifs is 1. The summed E-state index contributed by atoms with van der Waals surface area (Å²) in [6.07, 6.45) is 2.94. The van der Waals surface area contributed by atoms with Crippen molar-refractivity contribution in [3.63, 3.8) is 0 Å². The second-order valence-corrected chi connectivity index (χ2v) is 7.70. The lowest BCUT2D eigenvalue weighted by Crippen LogP contribution is -2.36. The van der Waals surface area contributed by atoms with Gasteiger partial charge in [-0.05, 0) is 18.4 Å². The van der Waals surface area contributed by atoms with E-state index in [4.69, 9.17) is 9.97 Å². The summed E-state index contributed by atoms with van der Waals surface area (Å²) in [5.74, 6) is 1.66. The number of carbonyl (C=O) groups is 2. The van der Waals surface area contributed by atoms with Crippen molar-refractivity contribution in [1.29, 1.82) is 0 Å². The third-order valence-electron chi connectivity index (χ3n) is 5.83. The minimum absolute atomic E-state index is 0.0651. The number of hydrogen-bond acceptors (Lipinski definition) is 5. The highest BCUT2D eigenvalue weighted by Gasteiger charge is 2.33. The molecule has 1 aromatic carbocycles. The topological polar surface area (TPSA) is 78.4 Å². The van der Waals surface area contributed by atoms with E-state index in [2.05, 4.69) is 5.32 Å². The van der Waals surface area contributed by atoms with Gasteiger partial charge in [0, 0.05) is 39.0 Å². The molecule has 3 heterocycles. The summed E-state index contributed by atoms with van der Waals surface area (Å²) in [6.45, 7) is 3.53. The van der Waals surface area contributed by atoms with Crippen LogP contribution >= 0.6 is 0 Å². The van der Waals surface area contributed by atoms with Crippen LogP contribution in [0.15, 0.2) is 30.3 Å². The first-order valence-electron chi connectivity index (χ1n) is 10.2. The lowest BCUT2D eigenvalue weighted by molar-refractivity contribution is -0.132. The smallest absolute Gasteiger partial charge is 0.227 e. The number of rotatable bonds is 4. The summed E-state index contributed by atoms with van der Waals surface area (Å²) >= 11 is 0. The summed E-state index contributed by atoms with van der Waals surface area (Å²) in [5.41, 5.74) is 2.99. The van der Waals surface area contributed by atoms with Crippen molar-refractivity contribution >= 4 is 17.6 Å². The molecule has 1 saturated heterocycles. The number of nitrogens with one attached hydrogen (secondary N) is 1. The third-order valence-corrected chi connectivity index (χ3v) is 5.83. The van der Waals surface area contributed by atoms with Crippen LogP contribution in [-0.4, -0.2) is 51.7 Å². The van der Waals surface area contributed by atoms with Gasteiger partial charge in [0.25, 0.3) is 0 Å². The first-order chi connectivity index (χ1) is 14.1. The Morgan fingerprint density at radius 2 is 1.97 bits per heavy atom. The van der Waals surface area contributed by atoms with E-state index in [-0.39, 0.29) is 17.9 Å². The number of benzene rings is 1. The van der Waals surface area contributed by atoms with Crippen LogP contribution in [0, 0.1) is 0 Å². The van der Waals surface area contributed by atoms with Crippen LogP contribution in [0.25, 0.3) is 0 Å². The van der Waals surface area contributed by atoms with E-state index in [0.29, 0.717) is 31.8 Å². The zero-order valence-electron chi connectivity index (χ0n) is 17.0. The molecule has 0 spiro atoms. The average Bonchev–Trinajstić information content (AvgIpc) is 3.23. The van der Waals surface area contributed by atoms with Gasteiger partial charge in [0.2, 0.25) is 11.8 Å². The standard InChI is InChI=1S/C22H27N5O2/c1-15(28)26-12-10-18-17(14-26)21(23-2)25-22(24-18)19-9-6-11-27(19)20(29)13-16-7-4-3-5-8-16/h3-5,7-8,19H,6,9-14H2,1-2H3,(H,23,24,25)/t19-/m1/s1. The lowest BCUT2D eigenvalue weighted by atomic mass is 10.0. The van der Waals surface area contributed by atoms with Crippen LogP contribution in [-0.2, 0) is 29.0 Å². The van der Waals surface area contributed by atoms with E-state index >= 15 is 0 Å². The minimum Gasteiger partial charge on any atom is -0.373 e. The maximum atomic E-state index is 13.0. The number of nitrogens with zero attached hydrogens (tertiary/aromatic N) is 4. The molecule has 0 saturated carbocycles.